The molecule has 6 rings (SSSR count). The smallest absolute Gasteiger partial charge is 0.460 e. The Labute approximate surface area is 225 Å². The predicted octanol–water partition coefficient (Wildman–Crippen LogP) is 5.18. The van der Waals surface area contributed by atoms with E-state index in [2.05, 4.69) is 75.1 Å². The normalized spacial score (nSPS) is 11.4. The minimum absolute atomic E-state index is 0. The van der Waals surface area contributed by atoms with E-state index in [1.165, 1.54) is 5.19 Å². The molecule has 0 aliphatic rings. The van der Waals surface area contributed by atoms with Crippen LogP contribution >= 0.6 is 0 Å². The summed E-state index contributed by atoms with van der Waals surface area (Å²) in [5.41, 5.74) is 3.13. The quantitative estimate of drug-likeness (QED) is 0.188. The summed E-state index contributed by atoms with van der Waals surface area (Å²) in [4.78, 5) is 13.2. The number of hydrogen-bond acceptors (Lipinski definition) is 4. The van der Waals surface area contributed by atoms with Crippen molar-refractivity contribution >= 4 is 40.4 Å². The minimum Gasteiger partial charge on any atom is -0.460 e. The van der Waals surface area contributed by atoms with Gasteiger partial charge >= 0.3 is 21.1 Å². The van der Waals surface area contributed by atoms with E-state index in [9.17, 15) is 0 Å². The predicted molar refractivity (Wildman–Crippen MR) is 142 cm³/mol. The summed E-state index contributed by atoms with van der Waals surface area (Å²) in [6.07, 6.45) is 7.20. The van der Waals surface area contributed by atoms with Gasteiger partial charge in [0, 0.05) is 47.6 Å². The van der Waals surface area contributed by atoms with Crippen LogP contribution in [0.25, 0.3) is 27.5 Å². The maximum atomic E-state index is 6.02. The van der Waals surface area contributed by atoms with E-state index in [1.54, 1.807) is 6.20 Å². The van der Waals surface area contributed by atoms with E-state index in [1.807, 2.05) is 61.1 Å². The van der Waals surface area contributed by atoms with Crippen LogP contribution in [0, 0.1) is 12.1 Å². The van der Waals surface area contributed by atoms with Crippen molar-refractivity contribution in [3.63, 3.8) is 0 Å². The first-order valence-corrected chi connectivity index (χ1v) is 14.5. The molecule has 36 heavy (non-hydrogen) atoms. The van der Waals surface area contributed by atoms with Crippen LogP contribution in [-0.4, -0.2) is 27.6 Å². The Kier molecular flexibility index (Phi) is 6.56. The van der Waals surface area contributed by atoms with Crippen LogP contribution < -0.4 is 15.2 Å². The first kappa shape index (κ1) is 24.1. The fourth-order valence-corrected chi connectivity index (χ4v) is 6.55. The number of rotatable bonds is 5. The van der Waals surface area contributed by atoms with Gasteiger partial charge in [-0.05, 0) is 30.3 Å². The molecule has 0 atom stereocenters. The van der Waals surface area contributed by atoms with Gasteiger partial charge in [0.25, 0.3) is 0 Å². The maximum Gasteiger partial charge on any atom is 2.00 e. The van der Waals surface area contributed by atoms with E-state index in [0.29, 0.717) is 11.6 Å². The number of nitrogens with zero attached hydrogens (tertiary/aromatic N) is 4. The van der Waals surface area contributed by atoms with Crippen molar-refractivity contribution in [2.75, 3.05) is 0 Å². The van der Waals surface area contributed by atoms with Crippen LogP contribution in [0.1, 0.15) is 0 Å². The summed E-state index contributed by atoms with van der Waals surface area (Å²) >= 11 is 0. The minimum atomic E-state index is -2.05. The number of fused-ring (bicyclic) bond motifs is 3. The van der Waals surface area contributed by atoms with E-state index in [0.717, 1.165) is 32.8 Å². The molecule has 6 aromatic rings. The molecule has 0 aliphatic heterocycles. The molecule has 0 amide bonds. The SMILES string of the molecule is C[Si](C)(c1[c-]c2c3[c-]c(Oc4ccccn4)ccc3n(-c3ccncc3)c2cc1)c1ccccn1.[Pt+2]. The Morgan fingerprint density at radius 1 is 0.722 bits per heavy atom. The van der Waals surface area contributed by atoms with Crippen molar-refractivity contribution in [3.8, 4) is 17.3 Å². The number of ether oxygens (including phenoxy) is 1. The zero-order valence-electron chi connectivity index (χ0n) is 19.8. The van der Waals surface area contributed by atoms with Gasteiger partial charge in [0.05, 0.1) is 0 Å². The topological polar surface area (TPSA) is 52.8 Å². The molecule has 178 valence electrons. The molecule has 0 N–H and O–H groups in total. The Hall–Kier alpha value is -3.60. The van der Waals surface area contributed by atoms with Gasteiger partial charge in [-0.1, -0.05) is 36.3 Å². The third-order valence-corrected chi connectivity index (χ3v) is 9.52. The molecule has 4 aromatic heterocycles. The molecule has 0 aliphatic carbocycles. The third-order valence-electron chi connectivity index (χ3n) is 6.30. The second kappa shape index (κ2) is 9.80. The molecular formula is C29H22N4OPtSi. The summed E-state index contributed by atoms with van der Waals surface area (Å²) < 4.78 is 8.24. The molecule has 0 fully saturated rings. The van der Waals surface area contributed by atoms with Gasteiger partial charge in [-0.25, -0.2) is 10.4 Å². The van der Waals surface area contributed by atoms with Crippen molar-refractivity contribution in [1.29, 1.82) is 0 Å². The van der Waals surface area contributed by atoms with E-state index in [4.69, 9.17) is 4.74 Å². The van der Waals surface area contributed by atoms with Gasteiger partial charge in [-0.15, -0.1) is 35.5 Å². The molecule has 0 spiro atoms. The maximum absolute atomic E-state index is 6.02. The van der Waals surface area contributed by atoms with E-state index >= 15 is 0 Å². The summed E-state index contributed by atoms with van der Waals surface area (Å²) in [6.45, 7) is 4.63. The molecule has 4 heterocycles. The van der Waals surface area contributed by atoms with Gasteiger partial charge in [-0.2, -0.15) is 11.5 Å². The zero-order chi connectivity index (χ0) is 23.8. The van der Waals surface area contributed by atoms with Gasteiger partial charge in [0.2, 0.25) is 5.88 Å². The average Bonchev–Trinajstić information content (AvgIpc) is 3.23. The van der Waals surface area contributed by atoms with E-state index in [-0.39, 0.29) is 21.1 Å². The van der Waals surface area contributed by atoms with Crippen LogP contribution in [0.5, 0.6) is 11.6 Å². The van der Waals surface area contributed by atoms with E-state index < -0.39 is 8.07 Å². The van der Waals surface area contributed by atoms with Crippen LogP contribution in [0.3, 0.4) is 0 Å². The van der Waals surface area contributed by atoms with Gasteiger partial charge < -0.3 is 9.30 Å². The second-order valence-corrected chi connectivity index (χ2v) is 13.2. The Morgan fingerprint density at radius 2 is 1.42 bits per heavy atom. The molecule has 0 bridgehead atoms. The number of benzene rings is 2. The van der Waals surface area contributed by atoms with Crippen LogP contribution in [0.15, 0.2) is 97.6 Å². The number of hydrogen-bond donors (Lipinski definition) is 0. The number of pyridine rings is 3. The molecule has 0 radical (unpaired) electrons. The standard InChI is InChI=1S/C29H22N4OSi.Pt/c1-35(2,29-8-4-6-16-32-29)23-10-12-27-25(20-23)24-19-22(34-28-7-3-5-15-31-28)9-11-26(24)33(27)21-13-17-30-18-14-21;/h3-18H,1-2H3;/q-2;+2. The van der Waals surface area contributed by atoms with Crippen LogP contribution in [0.4, 0.5) is 0 Å². The molecule has 0 saturated heterocycles. The summed E-state index contributed by atoms with van der Waals surface area (Å²) in [6, 6.07) is 31.4. The van der Waals surface area contributed by atoms with Gasteiger partial charge in [-0.3, -0.25) is 9.97 Å². The summed E-state index contributed by atoms with van der Waals surface area (Å²) in [5, 5.41) is 4.30. The fourth-order valence-electron chi connectivity index (χ4n) is 4.42. The first-order valence-electron chi connectivity index (χ1n) is 11.5. The zero-order valence-corrected chi connectivity index (χ0v) is 23.0. The third kappa shape index (κ3) is 4.27. The first-order chi connectivity index (χ1) is 17.1. The Balaban J connectivity index is 0.00000267. The van der Waals surface area contributed by atoms with Crippen molar-refractivity contribution in [1.82, 2.24) is 19.5 Å². The molecular weight excluding hydrogens is 644 g/mol. The second-order valence-electron chi connectivity index (χ2n) is 8.87. The van der Waals surface area contributed by atoms with Crippen LogP contribution in [0.2, 0.25) is 13.1 Å². The summed E-state index contributed by atoms with van der Waals surface area (Å²) in [5.74, 6) is 1.15. The van der Waals surface area contributed by atoms with Crippen molar-refractivity contribution in [2.45, 2.75) is 13.1 Å². The summed E-state index contributed by atoms with van der Waals surface area (Å²) in [7, 11) is -2.05. The fraction of sp³-hybridized carbons (Fsp3) is 0.0690. The van der Waals surface area contributed by atoms with Crippen LogP contribution in [-0.2, 0) is 21.1 Å². The molecule has 0 saturated carbocycles. The van der Waals surface area contributed by atoms with Crippen molar-refractivity contribution in [3.05, 3.63) is 110 Å². The molecule has 7 heteroatoms. The molecule has 5 nitrogen and oxygen atoms in total. The average molecular weight is 666 g/mol. The molecule has 2 aromatic carbocycles. The van der Waals surface area contributed by atoms with Gasteiger partial charge in [0.15, 0.2) is 0 Å². The van der Waals surface area contributed by atoms with Gasteiger partial charge in [0.1, 0.15) is 8.07 Å². The number of aromatic nitrogens is 4. The monoisotopic (exact) mass is 665 g/mol. The molecule has 0 unspecified atom stereocenters. The Bertz CT molecular complexity index is 1640. The van der Waals surface area contributed by atoms with Crippen molar-refractivity contribution < 1.29 is 25.8 Å². The van der Waals surface area contributed by atoms with Crippen molar-refractivity contribution in [2.24, 2.45) is 0 Å². The Morgan fingerprint density at radius 3 is 2.11 bits per heavy atom. The largest absolute Gasteiger partial charge is 2.00 e.